The normalized spacial score (nSPS) is 16.6. The van der Waals surface area contributed by atoms with Crippen LogP contribution in [0.4, 0.5) is 5.25 Å². The molecule has 0 nitrogen and oxygen atoms in total. The topological polar surface area (TPSA) is 0 Å². The molecule has 0 saturated carbocycles. The number of rotatable bonds is 2. The summed E-state index contributed by atoms with van der Waals surface area (Å²) in [5.74, 6) is 0.686. The standard InChI is InChI=1S/C12H14.2FH.Zr/c1-2-5-10-8-9-11-6-3-4-7-12(10)11;;;/h3-4,6-10H,2,5H2,1H3;2*1H;/q;;;+2/p-2. The van der Waals surface area contributed by atoms with Crippen molar-refractivity contribution in [2.24, 2.45) is 0 Å². The van der Waals surface area contributed by atoms with E-state index in [-0.39, 0.29) is 0 Å². The molecule has 0 radical (unpaired) electrons. The fourth-order valence-electron chi connectivity index (χ4n) is 1.89. The maximum absolute atomic E-state index is 9.80. The summed E-state index contributed by atoms with van der Waals surface area (Å²) in [4.78, 5) is 0. The van der Waals surface area contributed by atoms with Crippen molar-refractivity contribution >= 4 is 6.08 Å². The molecule has 1 aliphatic rings. The summed E-state index contributed by atoms with van der Waals surface area (Å²) in [6.45, 7) is 2.24. The van der Waals surface area contributed by atoms with Crippen molar-refractivity contribution in [2.75, 3.05) is 0 Å². The summed E-state index contributed by atoms with van der Waals surface area (Å²) in [5, 5.41) is 0. The second-order valence-corrected chi connectivity index (χ2v) is 3.81. The SMILES string of the molecule is CCCC1C=Cc2ccccc21.[F][Zr][F]. The first-order valence-electron chi connectivity index (χ1n) is 5.06. The molecule has 0 N–H and O–H groups in total. The second-order valence-electron chi connectivity index (χ2n) is 3.45. The Morgan fingerprint density at radius 1 is 1.27 bits per heavy atom. The molecular formula is C12H14F2Zr. The van der Waals surface area contributed by atoms with Crippen LogP contribution in [-0.2, 0) is 24.5 Å². The second kappa shape index (κ2) is 7.06. The number of hydrogen-bond acceptors (Lipinski definition) is 0. The summed E-state index contributed by atoms with van der Waals surface area (Å²) >= 11 is -2.77. The fourth-order valence-corrected chi connectivity index (χ4v) is 1.89. The zero-order valence-electron chi connectivity index (χ0n) is 8.71. The summed E-state index contributed by atoms with van der Waals surface area (Å²) in [5.41, 5.74) is 2.93. The summed E-state index contributed by atoms with van der Waals surface area (Å²) < 4.78 is 19.6. The number of benzene rings is 1. The molecule has 2 rings (SSSR count). The van der Waals surface area contributed by atoms with Crippen molar-refractivity contribution in [1.82, 2.24) is 0 Å². The van der Waals surface area contributed by atoms with E-state index in [1.165, 1.54) is 24.0 Å². The van der Waals surface area contributed by atoms with Gasteiger partial charge in [-0.25, -0.2) is 0 Å². The van der Waals surface area contributed by atoms with Gasteiger partial charge < -0.3 is 0 Å². The van der Waals surface area contributed by atoms with Crippen LogP contribution < -0.4 is 0 Å². The van der Waals surface area contributed by atoms with Crippen molar-refractivity contribution in [3.63, 3.8) is 0 Å². The molecule has 0 spiro atoms. The molecule has 0 aromatic heterocycles. The zero-order valence-corrected chi connectivity index (χ0v) is 11.2. The zero-order chi connectivity index (χ0) is 11.1. The van der Waals surface area contributed by atoms with Crippen LogP contribution in [0.2, 0.25) is 0 Å². The van der Waals surface area contributed by atoms with Crippen molar-refractivity contribution in [2.45, 2.75) is 25.7 Å². The number of halogens is 2. The van der Waals surface area contributed by atoms with Crippen molar-refractivity contribution in [3.05, 3.63) is 41.5 Å². The molecule has 0 aliphatic heterocycles. The van der Waals surface area contributed by atoms with Crippen molar-refractivity contribution in [3.8, 4) is 0 Å². The molecule has 1 aromatic rings. The Morgan fingerprint density at radius 2 is 1.93 bits per heavy atom. The van der Waals surface area contributed by atoms with Crippen LogP contribution in [-0.4, -0.2) is 0 Å². The first kappa shape index (κ1) is 12.8. The minimum absolute atomic E-state index is 0.686. The van der Waals surface area contributed by atoms with Gasteiger partial charge in [-0.15, -0.1) is 0 Å². The molecule has 80 valence electrons. The third-order valence-corrected chi connectivity index (χ3v) is 2.50. The van der Waals surface area contributed by atoms with Gasteiger partial charge in [0.15, 0.2) is 0 Å². The summed E-state index contributed by atoms with van der Waals surface area (Å²) in [6, 6.07) is 8.68. The number of allylic oxidation sites excluding steroid dienone is 1. The van der Waals surface area contributed by atoms with Crippen LogP contribution in [0.15, 0.2) is 30.3 Å². The van der Waals surface area contributed by atoms with Gasteiger partial charge >= 0.3 is 29.7 Å². The monoisotopic (exact) mass is 286 g/mol. The molecule has 1 atom stereocenters. The van der Waals surface area contributed by atoms with E-state index in [1.54, 1.807) is 0 Å². The van der Waals surface area contributed by atoms with E-state index in [0.717, 1.165) is 0 Å². The van der Waals surface area contributed by atoms with Gasteiger partial charge in [-0.3, -0.25) is 0 Å². The van der Waals surface area contributed by atoms with Crippen LogP contribution in [0.3, 0.4) is 0 Å². The summed E-state index contributed by atoms with van der Waals surface area (Å²) in [7, 11) is 0. The predicted octanol–water partition coefficient (Wildman–Crippen LogP) is 4.44. The predicted molar refractivity (Wildman–Crippen MR) is 55.3 cm³/mol. The van der Waals surface area contributed by atoms with Crippen LogP contribution in [0.25, 0.3) is 6.08 Å². The van der Waals surface area contributed by atoms with Gasteiger partial charge in [-0.1, -0.05) is 49.8 Å². The van der Waals surface area contributed by atoms with E-state index in [4.69, 9.17) is 0 Å². The van der Waals surface area contributed by atoms with Crippen molar-refractivity contribution in [1.29, 1.82) is 0 Å². The molecule has 1 unspecified atom stereocenters. The van der Waals surface area contributed by atoms with E-state index < -0.39 is 24.5 Å². The van der Waals surface area contributed by atoms with E-state index in [0.29, 0.717) is 5.92 Å². The summed E-state index contributed by atoms with van der Waals surface area (Å²) in [6.07, 6.45) is 7.13. The van der Waals surface area contributed by atoms with Crippen LogP contribution in [0, 0.1) is 0 Å². The van der Waals surface area contributed by atoms with E-state index in [2.05, 4.69) is 43.3 Å². The Balaban J connectivity index is 0.000000337. The Hall–Kier alpha value is -0.297. The third-order valence-electron chi connectivity index (χ3n) is 2.50. The molecule has 0 fully saturated rings. The van der Waals surface area contributed by atoms with Crippen LogP contribution >= 0.6 is 0 Å². The van der Waals surface area contributed by atoms with Gasteiger partial charge in [0.2, 0.25) is 0 Å². The molecule has 3 heteroatoms. The van der Waals surface area contributed by atoms with E-state index in [1.807, 2.05) is 0 Å². The minimum atomic E-state index is -2.77. The molecule has 0 saturated heterocycles. The molecule has 0 heterocycles. The van der Waals surface area contributed by atoms with Gasteiger partial charge in [0.05, 0.1) is 0 Å². The van der Waals surface area contributed by atoms with Crippen LogP contribution in [0.1, 0.15) is 36.8 Å². The first-order chi connectivity index (χ1) is 7.33. The van der Waals surface area contributed by atoms with E-state index >= 15 is 0 Å². The first-order valence-corrected chi connectivity index (χ1v) is 6.92. The van der Waals surface area contributed by atoms with Gasteiger partial charge in [-0.05, 0) is 17.5 Å². The maximum atomic E-state index is 9.80. The van der Waals surface area contributed by atoms with Crippen LogP contribution in [0.5, 0.6) is 0 Å². The van der Waals surface area contributed by atoms with Crippen molar-refractivity contribution < 1.29 is 29.7 Å². The Morgan fingerprint density at radius 3 is 2.60 bits per heavy atom. The molecule has 15 heavy (non-hydrogen) atoms. The molecule has 1 aliphatic carbocycles. The van der Waals surface area contributed by atoms with Gasteiger partial charge in [0.1, 0.15) is 0 Å². The number of hydrogen-bond donors (Lipinski definition) is 0. The van der Waals surface area contributed by atoms with Gasteiger partial charge in [0.25, 0.3) is 0 Å². The Kier molecular flexibility index (Phi) is 6.01. The Bertz CT molecular complexity index is 323. The quantitative estimate of drug-likeness (QED) is 0.754. The molecule has 0 bridgehead atoms. The molecule has 1 aromatic carbocycles. The molecule has 0 amide bonds. The third kappa shape index (κ3) is 3.64. The average Bonchev–Trinajstić information content (AvgIpc) is 2.64. The van der Waals surface area contributed by atoms with E-state index in [9.17, 15) is 5.25 Å². The average molecular weight is 287 g/mol. The fraction of sp³-hybridized carbons (Fsp3) is 0.333. The molecular weight excluding hydrogens is 273 g/mol. The van der Waals surface area contributed by atoms with Gasteiger partial charge in [-0.2, -0.15) is 0 Å². The van der Waals surface area contributed by atoms with Gasteiger partial charge in [0, 0.05) is 5.92 Å². The number of fused-ring (bicyclic) bond motifs is 1. The Labute approximate surface area is 103 Å².